The van der Waals surface area contributed by atoms with Crippen LogP contribution in [0.2, 0.25) is 0 Å². The SMILES string of the molecule is COC(=O)c1cccc2c1CCCN2C(=O)Cc1ccc(OC)c(OC)c1. The predicted molar refractivity (Wildman–Crippen MR) is 102 cm³/mol. The van der Waals surface area contributed by atoms with E-state index in [1.54, 1.807) is 37.3 Å². The molecule has 0 aromatic heterocycles. The van der Waals surface area contributed by atoms with Crippen LogP contribution < -0.4 is 14.4 Å². The number of carbonyl (C=O) groups excluding carboxylic acids is 2. The molecule has 6 nitrogen and oxygen atoms in total. The molecule has 1 aliphatic heterocycles. The number of methoxy groups -OCH3 is 3. The first kappa shape index (κ1) is 18.8. The van der Waals surface area contributed by atoms with Gasteiger partial charge in [-0.05, 0) is 48.2 Å². The van der Waals surface area contributed by atoms with Gasteiger partial charge in [0.2, 0.25) is 5.91 Å². The number of fused-ring (bicyclic) bond motifs is 1. The van der Waals surface area contributed by atoms with Crippen molar-refractivity contribution in [3.8, 4) is 11.5 Å². The minimum absolute atomic E-state index is 0.0230. The summed E-state index contributed by atoms with van der Waals surface area (Å²) in [6.07, 6.45) is 1.79. The summed E-state index contributed by atoms with van der Waals surface area (Å²) < 4.78 is 15.4. The van der Waals surface area contributed by atoms with Crippen LogP contribution in [0.3, 0.4) is 0 Å². The van der Waals surface area contributed by atoms with Gasteiger partial charge in [0.05, 0.1) is 33.3 Å². The Balaban J connectivity index is 1.86. The van der Waals surface area contributed by atoms with Crippen molar-refractivity contribution in [2.75, 3.05) is 32.8 Å². The zero-order valence-corrected chi connectivity index (χ0v) is 15.8. The van der Waals surface area contributed by atoms with Crippen LogP contribution in [0, 0.1) is 0 Å². The summed E-state index contributed by atoms with van der Waals surface area (Å²) >= 11 is 0. The van der Waals surface area contributed by atoms with Gasteiger partial charge >= 0.3 is 5.97 Å². The molecule has 2 aromatic rings. The summed E-state index contributed by atoms with van der Waals surface area (Å²) in [6, 6.07) is 10.9. The Morgan fingerprint density at radius 3 is 2.52 bits per heavy atom. The fourth-order valence-corrected chi connectivity index (χ4v) is 3.45. The van der Waals surface area contributed by atoms with Crippen LogP contribution in [0.4, 0.5) is 5.69 Å². The van der Waals surface area contributed by atoms with Gasteiger partial charge in [-0.15, -0.1) is 0 Å². The molecule has 0 fully saturated rings. The van der Waals surface area contributed by atoms with E-state index in [2.05, 4.69) is 0 Å². The van der Waals surface area contributed by atoms with Crippen molar-refractivity contribution in [2.45, 2.75) is 19.3 Å². The van der Waals surface area contributed by atoms with Crippen LogP contribution >= 0.6 is 0 Å². The lowest BCUT2D eigenvalue weighted by molar-refractivity contribution is -0.118. The van der Waals surface area contributed by atoms with Gasteiger partial charge in [0, 0.05) is 12.2 Å². The molecule has 0 atom stereocenters. The molecule has 0 radical (unpaired) electrons. The minimum Gasteiger partial charge on any atom is -0.493 e. The van der Waals surface area contributed by atoms with Crippen LogP contribution in [0.1, 0.15) is 27.9 Å². The number of anilines is 1. The average Bonchev–Trinajstić information content (AvgIpc) is 2.72. The molecule has 142 valence electrons. The topological polar surface area (TPSA) is 65.1 Å². The van der Waals surface area contributed by atoms with Crippen molar-refractivity contribution in [3.63, 3.8) is 0 Å². The number of carbonyl (C=O) groups is 2. The van der Waals surface area contributed by atoms with Gasteiger partial charge in [0.1, 0.15) is 0 Å². The summed E-state index contributed by atoms with van der Waals surface area (Å²) in [4.78, 5) is 26.8. The van der Waals surface area contributed by atoms with Crippen molar-refractivity contribution in [2.24, 2.45) is 0 Å². The molecule has 0 saturated carbocycles. The first-order valence-electron chi connectivity index (χ1n) is 8.80. The predicted octanol–water partition coefficient (Wildman–Crippen LogP) is 3.01. The molecule has 0 spiro atoms. The van der Waals surface area contributed by atoms with E-state index in [0.29, 0.717) is 23.6 Å². The second-order valence-electron chi connectivity index (χ2n) is 6.31. The summed E-state index contributed by atoms with van der Waals surface area (Å²) in [5, 5.41) is 0. The standard InChI is InChI=1S/C21H23NO5/c1-25-18-10-9-14(12-19(18)26-2)13-20(23)22-11-5-7-15-16(21(24)27-3)6-4-8-17(15)22/h4,6,8-10,12H,5,7,11,13H2,1-3H3. The number of amides is 1. The van der Waals surface area contributed by atoms with Gasteiger partial charge in [-0.1, -0.05) is 12.1 Å². The highest BCUT2D eigenvalue weighted by molar-refractivity contribution is 5.99. The van der Waals surface area contributed by atoms with Crippen molar-refractivity contribution in [3.05, 3.63) is 53.1 Å². The van der Waals surface area contributed by atoms with Gasteiger partial charge in [0.25, 0.3) is 0 Å². The van der Waals surface area contributed by atoms with E-state index in [4.69, 9.17) is 14.2 Å². The van der Waals surface area contributed by atoms with Crippen LogP contribution in [0.15, 0.2) is 36.4 Å². The molecule has 0 aliphatic carbocycles. The molecular formula is C21H23NO5. The molecule has 0 bridgehead atoms. The highest BCUT2D eigenvalue weighted by atomic mass is 16.5. The maximum absolute atomic E-state index is 13.0. The Hall–Kier alpha value is -3.02. The van der Waals surface area contributed by atoms with Crippen molar-refractivity contribution in [1.29, 1.82) is 0 Å². The molecule has 0 saturated heterocycles. The Labute approximate surface area is 158 Å². The summed E-state index contributed by atoms with van der Waals surface area (Å²) in [7, 11) is 4.51. The van der Waals surface area contributed by atoms with Gasteiger partial charge in [-0.2, -0.15) is 0 Å². The normalized spacial score (nSPS) is 12.9. The lowest BCUT2D eigenvalue weighted by Gasteiger charge is -2.30. The maximum atomic E-state index is 13.0. The Bertz CT molecular complexity index is 862. The first-order valence-corrected chi connectivity index (χ1v) is 8.80. The maximum Gasteiger partial charge on any atom is 0.338 e. The van der Waals surface area contributed by atoms with E-state index in [1.165, 1.54) is 7.11 Å². The van der Waals surface area contributed by atoms with E-state index < -0.39 is 0 Å². The molecule has 1 aliphatic rings. The first-order chi connectivity index (χ1) is 13.1. The zero-order valence-electron chi connectivity index (χ0n) is 15.8. The van der Waals surface area contributed by atoms with E-state index in [0.717, 1.165) is 29.7 Å². The monoisotopic (exact) mass is 369 g/mol. The van der Waals surface area contributed by atoms with E-state index in [9.17, 15) is 9.59 Å². The molecule has 2 aromatic carbocycles. The van der Waals surface area contributed by atoms with Crippen molar-refractivity contribution < 1.29 is 23.8 Å². The Morgan fingerprint density at radius 2 is 1.81 bits per heavy atom. The summed E-state index contributed by atoms with van der Waals surface area (Å²) in [5.41, 5.74) is 3.03. The molecule has 0 unspecified atom stereocenters. The van der Waals surface area contributed by atoms with Gasteiger partial charge < -0.3 is 19.1 Å². The van der Waals surface area contributed by atoms with Crippen molar-refractivity contribution in [1.82, 2.24) is 0 Å². The number of benzene rings is 2. The molecule has 1 heterocycles. The highest BCUT2D eigenvalue weighted by Crippen LogP contribution is 2.32. The van der Waals surface area contributed by atoms with Crippen LogP contribution in [0.5, 0.6) is 11.5 Å². The van der Waals surface area contributed by atoms with E-state index in [-0.39, 0.29) is 18.3 Å². The van der Waals surface area contributed by atoms with Gasteiger partial charge in [-0.25, -0.2) is 4.79 Å². The lowest BCUT2D eigenvalue weighted by atomic mass is 9.95. The van der Waals surface area contributed by atoms with E-state index in [1.807, 2.05) is 18.2 Å². The third kappa shape index (κ3) is 3.74. The van der Waals surface area contributed by atoms with Crippen molar-refractivity contribution >= 4 is 17.6 Å². The molecule has 1 amide bonds. The highest BCUT2D eigenvalue weighted by Gasteiger charge is 2.26. The van der Waals surface area contributed by atoms with E-state index >= 15 is 0 Å². The lowest BCUT2D eigenvalue weighted by Crippen LogP contribution is -2.37. The smallest absolute Gasteiger partial charge is 0.338 e. The quantitative estimate of drug-likeness (QED) is 0.758. The van der Waals surface area contributed by atoms with Crippen LogP contribution in [-0.4, -0.2) is 39.8 Å². The third-order valence-corrected chi connectivity index (χ3v) is 4.76. The molecule has 3 rings (SSSR count). The minimum atomic E-state index is -0.374. The fourth-order valence-electron chi connectivity index (χ4n) is 3.45. The number of hydrogen-bond acceptors (Lipinski definition) is 5. The number of ether oxygens (including phenoxy) is 3. The number of hydrogen-bond donors (Lipinski definition) is 0. The summed E-state index contributed by atoms with van der Waals surface area (Å²) in [6.45, 7) is 0.629. The fraction of sp³-hybridized carbons (Fsp3) is 0.333. The third-order valence-electron chi connectivity index (χ3n) is 4.76. The Morgan fingerprint density at radius 1 is 1.04 bits per heavy atom. The number of esters is 1. The van der Waals surface area contributed by atoms with Gasteiger partial charge in [0.15, 0.2) is 11.5 Å². The molecular weight excluding hydrogens is 346 g/mol. The average molecular weight is 369 g/mol. The molecule has 27 heavy (non-hydrogen) atoms. The molecule has 6 heteroatoms. The second-order valence-corrected chi connectivity index (χ2v) is 6.31. The summed E-state index contributed by atoms with van der Waals surface area (Å²) in [5.74, 6) is 0.820. The molecule has 0 N–H and O–H groups in total. The van der Waals surface area contributed by atoms with Crippen LogP contribution in [0.25, 0.3) is 0 Å². The van der Waals surface area contributed by atoms with Crippen LogP contribution in [-0.2, 0) is 22.4 Å². The largest absolute Gasteiger partial charge is 0.493 e. The van der Waals surface area contributed by atoms with Gasteiger partial charge in [-0.3, -0.25) is 4.79 Å². The Kier molecular flexibility index (Phi) is 5.64. The number of nitrogens with zero attached hydrogens (tertiary/aromatic N) is 1. The number of rotatable bonds is 5. The second kappa shape index (κ2) is 8.12. The zero-order chi connectivity index (χ0) is 19.4.